The van der Waals surface area contributed by atoms with Crippen molar-refractivity contribution in [2.24, 2.45) is 10.8 Å². The lowest BCUT2D eigenvalue weighted by Gasteiger charge is -2.37. The summed E-state index contributed by atoms with van der Waals surface area (Å²) in [6.45, 7) is 4.57. The Morgan fingerprint density at radius 3 is 1.29 bits per heavy atom. The third-order valence-corrected chi connectivity index (χ3v) is 13.8. The number of thioether (sulfide) groups is 1. The molecule has 1 aliphatic heterocycles. The van der Waals surface area contributed by atoms with E-state index in [0.29, 0.717) is 35.7 Å². The number of halogens is 21. The van der Waals surface area contributed by atoms with Crippen molar-refractivity contribution in [3.8, 4) is 0 Å². The van der Waals surface area contributed by atoms with Gasteiger partial charge in [0.1, 0.15) is 20.1 Å². The van der Waals surface area contributed by atoms with Gasteiger partial charge in [-0.3, -0.25) is 0 Å². The summed E-state index contributed by atoms with van der Waals surface area (Å²) in [7, 11) is 0. The van der Waals surface area contributed by atoms with E-state index in [0.717, 1.165) is 12.3 Å². The molecule has 0 amide bonds. The van der Waals surface area contributed by atoms with E-state index < -0.39 is 103 Å². The first kappa shape index (κ1) is 55.1. The predicted octanol–water partition coefficient (Wildman–Crippen LogP) is 14.5. The van der Waals surface area contributed by atoms with Crippen LogP contribution in [0.15, 0.2) is 20.1 Å². The molecule has 0 bridgehead atoms. The average molecular weight is 1050 g/mol. The van der Waals surface area contributed by atoms with Crippen molar-refractivity contribution in [1.29, 1.82) is 0 Å². The molecule has 3 heterocycles. The molecule has 360 valence electrons. The van der Waals surface area contributed by atoms with Crippen molar-refractivity contribution in [3.05, 3.63) is 9.54 Å². The highest BCUT2D eigenvalue weighted by molar-refractivity contribution is 8.27. The molecule has 5 nitrogen and oxygen atoms in total. The SMILES string of the molecule is CCSc1c(SN2Sc3c(n(CC(F)(F)C(F)(F)C(F)(F)C(F)C(F)(F)F)c(=S)n3CC(C)(C)C)S2)n(CC(C)(C)C)c(=S)n1CC(F)(F)C(F)(F)C(F)(F)C(F)(F)C(F)(F)F. The number of rotatable bonds is 16. The van der Waals surface area contributed by atoms with Crippen LogP contribution in [-0.2, 0) is 26.2 Å². The summed E-state index contributed by atoms with van der Waals surface area (Å²) in [4.78, 5) is 0. The Hall–Kier alpha value is -1.25. The molecule has 1 atom stereocenters. The second-order valence-electron chi connectivity index (χ2n) is 15.9. The Balaban J connectivity index is 2.24. The number of alkyl halides is 21. The van der Waals surface area contributed by atoms with Gasteiger partial charge in [0.15, 0.2) is 9.54 Å². The lowest BCUT2D eigenvalue weighted by Crippen LogP contribution is -2.67. The van der Waals surface area contributed by atoms with Crippen molar-refractivity contribution in [2.45, 2.75) is 155 Å². The molecule has 0 N–H and O–H groups in total. The molecule has 0 spiro atoms. The highest BCUT2D eigenvalue weighted by Crippen LogP contribution is 2.60. The Bertz CT molecular complexity index is 2070. The van der Waals surface area contributed by atoms with Gasteiger partial charge in [0, 0.05) is 48.9 Å². The number of hydrogen-bond acceptors (Lipinski definition) is 7. The van der Waals surface area contributed by atoms with E-state index in [4.69, 9.17) is 24.4 Å². The second-order valence-corrected chi connectivity index (χ2v) is 21.4. The van der Waals surface area contributed by atoms with Crippen LogP contribution in [0.4, 0.5) is 92.2 Å². The van der Waals surface area contributed by atoms with Gasteiger partial charge in [-0.1, -0.05) is 48.5 Å². The highest BCUT2D eigenvalue weighted by Gasteiger charge is 2.87. The summed E-state index contributed by atoms with van der Waals surface area (Å²) >= 11 is 12.0. The van der Waals surface area contributed by atoms with Gasteiger partial charge < -0.3 is 18.3 Å². The number of fused-ring (bicyclic) bond motifs is 1. The molecule has 0 aliphatic carbocycles. The van der Waals surface area contributed by atoms with Crippen LogP contribution in [0, 0.1) is 20.4 Å². The molecule has 0 aromatic carbocycles. The van der Waals surface area contributed by atoms with Gasteiger partial charge in [-0.2, -0.15) is 87.8 Å². The van der Waals surface area contributed by atoms with E-state index in [1.165, 1.54) is 27.7 Å². The van der Waals surface area contributed by atoms with Crippen molar-refractivity contribution < 1.29 is 92.2 Å². The van der Waals surface area contributed by atoms with E-state index in [-0.39, 0.29) is 50.0 Å². The first-order valence-electron chi connectivity index (χ1n) is 16.8. The average Bonchev–Trinajstić information content (AvgIpc) is 3.64. The number of hydrogen-bond donors (Lipinski definition) is 0. The number of imidazole rings is 2. The number of nitrogens with zero attached hydrogens (tertiary/aromatic N) is 5. The van der Waals surface area contributed by atoms with E-state index in [1.54, 1.807) is 20.8 Å². The zero-order valence-electron chi connectivity index (χ0n) is 32.2. The maximum Gasteiger partial charge on any atom is 0.460 e. The lowest BCUT2D eigenvalue weighted by molar-refractivity contribution is -0.423. The summed E-state index contributed by atoms with van der Waals surface area (Å²) in [5, 5.41) is -1.78. The topological polar surface area (TPSA) is 23.0 Å². The quantitative estimate of drug-likeness (QED) is 0.0714. The summed E-state index contributed by atoms with van der Waals surface area (Å²) < 4.78 is 296. The monoisotopic (exact) mass is 1050 g/mol. The van der Waals surface area contributed by atoms with Gasteiger partial charge in [0.25, 0.3) is 6.17 Å². The normalized spacial score (nSPS) is 16.7. The molecule has 0 fully saturated rings. The summed E-state index contributed by atoms with van der Waals surface area (Å²) in [6, 6.07) is 0. The zero-order valence-corrected chi connectivity index (χ0v) is 37.1. The van der Waals surface area contributed by atoms with Crippen molar-refractivity contribution in [1.82, 2.24) is 21.4 Å². The zero-order chi connectivity index (χ0) is 48.8. The molecule has 1 aliphatic rings. The molecule has 0 radical (unpaired) electrons. The van der Waals surface area contributed by atoms with Gasteiger partial charge in [0.05, 0.1) is 13.1 Å². The highest BCUT2D eigenvalue weighted by atomic mass is 32.3. The first-order chi connectivity index (χ1) is 27.3. The van der Waals surface area contributed by atoms with E-state index in [9.17, 15) is 74.6 Å². The van der Waals surface area contributed by atoms with Crippen molar-refractivity contribution >= 4 is 72.0 Å². The number of aromatic nitrogens is 4. The maximum atomic E-state index is 15.3. The van der Waals surface area contributed by atoms with Crippen LogP contribution in [0.5, 0.6) is 0 Å². The molecule has 0 saturated carbocycles. The third kappa shape index (κ3) is 10.0. The smallest absolute Gasteiger partial charge is 0.309 e. The summed E-state index contributed by atoms with van der Waals surface area (Å²) in [5.74, 6) is -49.7. The van der Waals surface area contributed by atoms with E-state index in [2.05, 4.69) is 0 Å². The third-order valence-electron chi connectivity index (χ3n) is 8.10. The van der Waals surface area contributed by atoms with Gasteiger partial charge in [0.2, 0.25) is 0 Å². The van der Waals surface area contributed by atoms with Crippen molar-refractivity contribution in [2.75, 3.05) is 5.75 Å². The molecule has 0 saturated heterocycles. The lowest BCUT2D eigenvalue weighted by atomic mass is 9.97. The second kappa shape index (κ2) is 17.1. The fourth-order valence-corrected chi connectivity index (χ4v) is 10.9. The van der Waals surface area contributed by atoms with Crippen LogP contribution in [-0.4, -0.2) is 87.1 Å². The van der Waals surface area contributed by atoms with Gasteiger partial charge in [-0.25, -0.2) is 4.39 Å². The Labute approximate surface area is 365 Å². The Kier molecular flexibility index (Phi) is 15.2. The minimum atomic E-state index is -7.74. The summed E-state index contributed by atoms with van der Waals surface area (Å²) in [5.41, 5.74) is -1.82. The van der Waals surface area contributed by atoms with Crippen LogP contribution < -0.4 is 0 Å². The maximum absolute atomic E-state index is 15.3. The largest absolute Gasteiger partial charge is 0.460 e. The predicted molar refractivity (Wildman–Crippen MR) is 193 cm³/mol. The minimum Gasteiger partial charge on any atom is -0.309 e. The van der Waals surface area contributed by atoms with Gasteiger partial charge in [-0.15, -0.1) is 14.9 Å². The molecule has 1 unspecified atom stereocenters. The Morgan fingerprint density at radius 2 is 0.887 bits per heavy atom. The van der Waals surface area contributed by atoms with E-state index >= 15 is 17.6 Å². The van der Waals surface area contributed by atoms with Gasteiger partial charge in [-0.05, 0) is 41.0 Å². The Morgan fingerprint density at radius 1 is 0.516 bits per heavy atom. The molecule has 3 rings (SSSR count). The van der Waals surface area contributed by atoms with E-state index in [1.807, 2.05) is 0 Å². The standard InChI is InChI=1S/C30H32F21N5S6/c1-8-59-13-14(52(9-20(2,3)4)18(57)54(13)12-23(34,35)27(43,44)28(45,46)29(47,48)30(49,50)51)60-56-61-15-16(62-56)55(19(58)53(15)10-21(5,6)7)11-22(32,33)26(41,42)24(36,37)17(31)25(38,39)40/h17H,8-12H2,1-7H3. The van der Waals surface area contributed by atoms with Crippen LogP contribution in [0.2, 0.25) is 0 Å². The minimum absolute atomic E-state index is 0.0645. The molecular weight excluding hydrogens is 1020 g/mol. The van der Waals surface area contributed by atoms with Crippen LogP contribution in [0.25, 0.3) is 0 Å². The van der Waals surface area contributed by atoms with Crippen LogP contribution in [0.3, 0.4) is 0 Å². The molecule has 62 heavy (non-hydrogen) atoms. The molecule has 32 heteroatoms. The van der Waals surface area contributed by atoms with Gasteiger partial charge >= 0.3 is 53.8 Å². The van der Waals surface area contributed by atoms with Crippen LogP contribution >= 0.6 is 72.0 Å². The van der Waals surface area contributed by atoms with Crippen LogP contribution in [0.1, 0.15) is 48.5 Å². The molecule has 2 aromatic rings. The molecular formula is C30H32F21N5S6. The summed E-state index contributed by atoms with van der Waals surface area (Å²) in [6.07, 6.45) is -19.9. The first-order valence-corrected chi connectivity index (χ1v) is 20.9. The van der Waals surface area contributed by atoms with Crippen molar-refractivity contribution in [3.63, 3.8) is 0 Å². The molecule has 2 aromatic heterocycles. The fraction of sp³-hybridized carbons (Fsp3) is 0.800. The fourth-order valence-electron chi connectivity index (χ4n) is 5.23.